The molecule has 0 aliphatic rings. The van der Waals surface area contributed by atoms with Gasteiger partial charge in [-0.2, -0.15) is 0 Å². The fourth-order valence-corrected chi connectivity index (χ4v) is 2.72. The Morgan fingerprint density at radius 1 is 1.38 bits per heavy atom. The summed E-state index contributed by atoms with van der Waals surface area (Å²) in [4.78, 5) is 18.8. The Labute approximate surface area is 128 Å². The summed E-state index contributed by atoms with van der Waals surface area (Å²) in [5.41, 5.74) is 7.86. The van der Waals surface area contributed by atoms with Crippen molar-refractivity contribution >= 4 is 33.9 Å². The molecule has 0 aliphatic carbocycles. The molecular weight excluding hydrogens is 284 g/mol. The minimum Gasteiger partial charge on any atom is -0.382 e. The van der Waals surface area contributed by atoms with Crippen LogP contribution in [0, 0.1) is 6.92 Å². The molecule has 0 fully saturated rings. The average Bonchev–Trinajstić information content (AvgIpc) is 2.85. The third-order valence-corrected chi connectivity index (χ3v) is 4.12. The van der Waals surface area contributed by atoms with Crippen molar-refractivity contribution in [3.8, 4) is 0 Å². The van der Waals surface area contributed by atoms with Gasteiger partial charge in [-0.25, -0.2) is 4.98 Å². The second-order valence-electron chi connectivity index (χ2n) is 4.86. The van der Waals surface area contributed by atoms with Crippen molar-refractivity contribution in [1.82, 2.24) is 4.98 Å². The molecule has 6 heteroatoms. The number of nitrogens with two attached hydrogens (primary N) is 1. The highest BCUT2D eigenvalue weighted by Crippen LogP contribution is 2.27. The highest BCUT2D eigenvalue weighted by atomic mass is 32.1. The fraction of sp³-hybridized carbons (Fsp3) is 0.333. The molecule has 0 spiro atoms. The predicted molar refractivity (Wildman–Crippen MR) is 89.2 cm³/mol. The van der Waals surface area contributed by atoms with Crippen LogP contribution in [0.3, 0.4) is 0 Å². The Balaban J connectivity index is 2.19. The van der Waals surface area contributed by atoms with Gasteiger partial charge in [-0.05, 0) is 25.5 Å². The van der Waals surface area contributed by atoms with Crippen LogP contribution in [0.4, 0.5) is 16.6 Å². The number of benzene rings is 1. The van der Waals surface area contributed by atoms with Crippen molar-refractivity contribution in [3.05, 3.63) is 34.7 Å². The number of hydrogen-bond acceptors (Lipinski definition) is 5. The van der Waals surface area contributed by atoms with E-state index in [-0.39, 0.29) is 11.7 Å². The van der Waals surface area contributed by atoms with Gasteiger partial charge >= 0.3 is 0 Å². The normalized spacial score (nSPS) is 10.4. The molecule has 1 amide bonds. The lowest BCUT2D eigenvalue weighted by Gasteiger charge is -2.16. The number of aryl methyl sites for hydroxylation is 1. The van der Waals surface area contributed by atoms with Gasteiger partial charge in [0.05, 0.1) is 0 Å². The summed E-state index contributed by atoms with van der Waals surface area (Å²) in [5, 5.41) is 3.84. The van der Waals surface area contributed by atoms with Crippen molar-refractivity contribution in [2.75, 3.05) is 29.5 Å². The number of hydrogen-bond donors (Lipinski definition) is 2. The molecule has 0 radical (unpaired) electrons. The zero-order valence-corrected chi connectivity index (χ0v) is 13.3. The van der Waals surface area contributed by atoms with Gasteiger partial charge in [0, 0.05) is 19.3 Å². The van der Waals surface area contributed by atoms with Gasteiger partial charge in [-0.3, -0.25) is 4.79 Å². The van der Waals surface area contributed by atoms with Gasteiger partial charge < -0.3 is 16.0 Å². The first-order chi connectivity index (χ1) is 10.0. The van der Waals surface area contributed by atoms with Crippen LogP contribution in [-0.4, -0.2) is 24.5 Å². The average molecular weight is 304 g/mol. The molecule has 0 bridgehead atoms. The highest BCUT2D eigenvalue weighted by molar-refractivity contribution is 7.18. The lowest BCUT2D eigenvalue weighted by atomic mass is 10.2. The van der Waals surface area contributed by atoms with Crippen LogP contribution < -0.4 is 16.0 Å². The van der Waals surface area contributed by atoms with E-state index in [0.717, 1.165) is 24.2 Å². The summed E-state index contributed by atoms with van der Waals surface area (Å²) < 4.78 is 0. The lowest BCUT2D eigenvalue weighted by Crippen LogP contribution is -2.26. The third kappa shape index (κ3) is 3.52. The van der Waals surface area contributed by atoms with E-state index < -0.39 is 0 Å². The number of carbonyl (C=O) groups is 1. The van der Waals surface area contributed by atoms with Gasteiger partial charge in [0.25, 0.3) is 5.91 Å². The second kappa shape index (κ2) is 6.58. The van der Waals surface area contributed by atoms with E-state index in [1.807, 2.05) is 31.2 Å². The lowest BCUT2D eigenvalue weighted by molar-refractivity contribution is 0.0997. The molecule has 21 heavy (non-hydrogen) atoms. The number of anilines is 3. The Hall–Kier alpha value is -2.08. The summed E-state index contributed by atoms with van der Waals surface area (Å²) >= 11 is 1.30. The Kier molecular flexibility index (Phi) is 4.80. The van der Waals surface area contributed by atoms with E-state index in [9.17, 15) is 4.79 Å². The summed E-state index contributed by atoms with van der Waals surface area (Å²) in [5.74, 6) is 0.140. The monoisotopic (exact) mass is 304 g/mol. The van der Waals surface area contributed by atoms with Gasteiger partial charge in [-0.15, -0.1) is 0 Å². The second-order valence-corrected chi connectivity index (χ2v) is 5.86. The summed E-state index contributed by atoms with van der Waals surface area (Å²) in [7, 11) is 1.74. The number of rotatable bonds is 5. The topological polar surface area (TPSA) is 71.2 Å². The molecule has 3 N–H and O–H groups in total. The summed E-state index contributed by atoms with van der Waals surface area (Å²) in [6.45, 7) is 4.90. The van der Waals surface area contributed by atoms with Crippen LogP contribution in [0.25, 0.3) is 0 Å². The van der Waals surface area contributed by atoms with E-state index in [1.54, 1.807) is 11.9 Å². The number of carbonyl (C=O) groups excluding carboxylic acids is 1. The first kappa shape index (κ1) is 15.3. The van der Waals surface area contributed by atoms with Crippen molar-refractivity contribution in [2.45, 2.75) is 20.3 Å². The van der Waals surface area contributed by atoms with E-state index in [4.69, 9.17) is 5.73 Å². The number of nitrogen functional groups attached to an aromatic ring is 1. The number of aromatic nitrogens is 1. The summed E-state index contributed by atoms with van der Waals surface area (Å²) in [6, 6.07) is 7.79. The summed E-state index contributed by atoms with van der Waals surface area (Å²) in [6.07, 6.45) is 0.992. The third-order valence-electron chi connectivity index (χ3n) is 3.10. The van der Waals surface area contributed by atoms with E-state index in [1.165, 1.54) is 11.3 Å². The molecule has 0 saturated heterocycles. The molecular formula is C15H20N4OS. The zero-order chi connectivity index (χ0) is 15.4. The molecule has 5 nitrogen and oxygen atoms in total. The molecule has 0 aliphatic heterocycles. The number of amides is 1. The molecule has 0 unspecified atom stereocenters. The maximum atomic E-state index is 12.5. The van der Waals surface area contributed by atoms with E-state index >= 15 is 0 Å². The molecule has 2 rings (SSSR count). The van der Waals surface area contributed by atoms with Crippen LogP contribution in [0.15, 0.2) is 24.3 Å². The quantitative estimate of drug-likeness (QED) is 0.890. The van der Waals surface area contributed by atoms with Crippen LogP contribution in [-0.2, 0) is 0 Å². The number of nitrogens with zero attached hydrogens (tertiary/aromatic N) is 2. The Morgan fingerprint density at radius 3 is 2.67 bits per heavy atom. The molecule has 0 saturated carbocycles. The van der Waals surface area contributed by atoms with Crippen LogP contribution >= 0.6 is 11.3 Å². The van der Waals surface area contributed by atoms with Crippen LogP contribution in [0.5, 0.6) is 0 Å². The maximum Gasteiger partial charge on any atom is 0.272 e. The molecule has 0 atom stereocenters. The van der Waals surface area contributed by atoms with Crippen molar-refractivity contribution in [2.24, 2.45) is 0 Å². The maximum absolute atomic E-state index is 12.5. The standard InChI is InChI=1S/C15H20N4OS/c1-4-9-17-15-18-13(16)12(21-15)14(20)19(3)11-7-5-10(2)6-8-11/h5-8H,4,9,16H2,1-3H3,(H,17,18). The van der Waals surface area contributed by atoms with Crippen molar-refractivity contribution in [3.63, 3.8) is 0 Å². The first-order valence-electron chi connectivity index (χ1n) is 6.87. The number of nitrogens with one attached hydrogen (secondary N) is 1. The Morgan fingerprint density at radius 2 is 2.05 bits per heavy atom. The minimum absolute atomic E-state index is 0.140. The van der Waals surface area contributed by atoms with Crippen LogP contribution in [0.2, 0.25) is 0 Å². The van der Waals surface area contributed by atoms with E-state index in [0.29, 0.717) is 10.0 Å². The van der Waals surface area contributed by atoms with Gasteiger partial charge in [0.15, 0.2) is 5.13 Å². The SMILES string of the molecule is CCCNc1nc(N)c(C(=O)N(C)c2ccc(C)cc2)s1. The largest absolute Gasteiger partial charge is 0.382 e. The molecule has 1 aromatic carbocycles. The fourth-order valence-electron chi connectivity index (χ4n) is 1.83. The molecule has 2 aromatic rings. The van der Waals surface area contributed by atoms with Gasteiger partial charge in [-0.1, -0.05) is 36.0 Å². The van der Waals surface area contributed by atoms with Crippen LogP contribution in [0.1, 0.15) is 28.6 Å². The highest BCUT2D eigenvalue weighted by Gasteiger charge is 2.20. The smallest absolute Gasteiger partial charge is 0.272 e. The molecule has 1 aromatic heterocycles. The van der Waals surface area contributed by atoms with Crippen molar-refractivity contribution in [1.29, 1.82) is 0 Å². The van der Waals surface area contributed by atoms with E-state index in [2.05, 4.69) is 17.2 Å². The van der Waals surface area contributed by atoms with Crippen molar-refractivity contribution < 1.29 is 4.79 Å². The molecule has 1 heterocycles. The molecule has 112 valence electrons. The number of thiazole rings is 1. The van der Waals surface area contributed by atoms with Gasteiger partial charge in [0.2, 0.25) is 0 Å². The van der Waals surface area contributed by atoms with Gasteiger partial charge in [0.1, 0.15) is 10.7 Å². The Bertz CT molecular complexity index is 621. The minimum atomic E-state index is -0.140. The first-order valence-corrected chi connectivity index (χ1v) is 7.69. The predicted octanol–water partition coefficient (Wildman–Crippen LogP) is 3.13. The zero-order valence-electron chi connectivity index (χ0n) is 12.5.